The Morgan fingerprint density at radius 1 is 1.00 bits per heavy atom. The Bertz CT molecular complexity index is 437. The van der Waals surface area contributed by atoms with Gasteiger partial charge in [0.1, 0.15) is 0 Å². The summed E-state index contributed by atoms with van der Waals surface area (Å²) in [6.45, 7) is 9.30. The van der Waals surface area contributed by atoms with E-state index in [-0.39, 0.29) is 0 Å². The molecule has 0 bridgehead atoms. The summed E-state index contributed by atoms with van der Waals surface area (Å²) in [5, 5.41) is 0. The number of unbranched alkanes of at least 4 members (excludes halogenated alkanes) is 2. The van der Waals surface area contributed by atoms with E-state index in [1.54, 1.807) is 5.56 Å². The van der Waals surface area contributed by atoms with Crippen molar-refractivity contribution in [2.24, 2.45) is 0 Å². The Labute approximate surface area is 138 Å². The molecule has 1 fully saturated rings. The highest BCUT2D eigenvalue weighted by molar-refractivity contribution is 6.63. The molecule has 0 heterocycles. The largest absolute Gasteiger partial charge is 0.163 e. The van der Waals surface area contributed by atoms with Gasteiger partial charge in [-0.2, -0.15) is 0 Å². The lowest BCUT2D eigenvalue weighted by molar-refractivity contribution is 0.443. The molecule has 0 aromatic heterocycles. The first kappa shape index (κ1) is 17.4. The van der Waals surface area contributed by atoms with E-state index >= 15 is 0 Å². The molecule has 120 valence electrons. The average Bonchev–Trinajstić information content (AvgIpc) is 2.55. The van der Waals surface area contributed by atoms with Gasteiger partial charge in [-0.15, -0.1) is 12.1 Å². The van der Waals surface area contributed by atoms with E-state index in [1.807, 2.05) is 0 Å². The lowest BCUT2D eigenvalue weighted by atomic mass is 9.48. The van der Waals surface area contributed by atoms with Crippen LogP contribution in [0.4, 0.5) is 0 Å². The molecule has 0 aliphatic heterocycles. The van der Waals surface area contributed by atoms with E-state index in [0.29, 0.717) is 6.71 Å². The van der Waals surface area contributed by atoms with E-state index in [2.05, 4.69) is 44.5 Å². The first-order chi connectivity index (χ1) is 10.7. The maximum atomic E-state index is 4.16. The van der Waals surface area contributed by atoms with E-state index in [4.69, 9.17) is 0 Å². The molecule has 1 aromatic rings. The van der Waals surface area contributed by atoms with Gasteiger partial charge in [0.25, 0.3) is 0 Å². The minimum Gasteiger partial charge on any atom is -0.109 e. The van der Waals surface area contributed by atoms with Crippen molar-refractivity contribution in [1.29, 1.82) is 0 Å². The van der Waals surface area contributed by atoms with Crippen LogP contribution in [0.1, 0.15) is 74.8 Å². The normalized spacial score (nSPS) is 15.7. The topological polar surface area (TPSA) is 0 Å². The third kappa shape index (κ3) is 5.67. The third-order valence-electron chi connectivity index (χ3n) is 5.34. The molecule has 0 nitrogen and oxygen atoms in total. The Morgan fingerprint density at radius 3 is 2.32 bits per heavy atom. The highest BCUT2D eigenvalue weighted by Gasteiger charge is 2.14. The second-order valence-electron chi connectivity index (χ2n) is 7.45. The van der Waals surface area contributed by atoms with Crippen LogP contribution in [0.15, 0.2) is 36.3 Å². The van der Waals surface area contributed by atoms with Crippen molar-refractivity contribution in [1.82, 2.24) is 0 Å². The van der Waals surface area contributed by atoms with Crippen LogP contribution in [0.5, 0.6) is 0 Å². The molecule has 0 spiro atoms. The highest BCUT2D eigenvalue weighted by atomic mass is 14.2. The molecule has 22 heavy (non-hydrogen) atoms. The van der Waals surface area contributed by atoms with Gasteiger partial charge in [-0.3, -0.25) is 0 Å². The number of aryl methyl sites for hydroxylation is 1. The van der Waals surface area contributed by atoms with Crippen LogP contribution in [-0.4, -0.2) is 6.71 Å². The van der Waals surface area contributed by atoms with Crippen LogP contribution in [0.3, 0.4) is 0 Å². The minimum absolute atomic E-state index is 0.646. The maximum absolute atomic E-state index is 4.16. The van der Waals surface area contributed by atoms with Crippen molar-refractivity contribution in [2.45, 2.75) is 83.8 Å². The fourth-order valence-corrected chi connectivity index (χ4v) is 3.54. The van der Waals surface area contributed by atoms with Crippen molar-refractivity contribution in [3.05, 3.63) is 47.4 Å². The van der Waals surface area contributed by atoms with Gasteiger partial charge in [-0.05, 0) is 49.1 Å². The Morgan fingerprint density at radius 2 is 1.68 bits per heavy atom. The number of hydrogen-bond donors (Lipinski definition) is 0. The fraction of sp³-hybridized carbons (Fsp3) is 0.619. The van der Waals surface area contributed by atoms with Crippen molar-refractivity contribution in [3.8, 4) is 0 Å². The van der Waals surface area contributed by atoms with Gasteiger partial charge in [-0.25, -0.2) is 0 Å². The smallest absolute Gasteiger partial charge is 0.109 e. The van der Waals surface area contributed by atoms with E-state index in [9.17, 15) is 0 Å². The molecular formula is C21H33B. The van der Waals surface area contributed by atoms with E-state index < -0.39 is 0 Å². The van der Waals surface area contributed by atoms with Gasteiger partial charge in [0.05, 0.1) is 0 Å². The molecule has 0 radical (unpaired) electrons. The molecule has 1 heteroatoms. The van der Waals surface area contributed by atoms with Crippen LogP contribution >= 0.6 is 0 Å². The van der Waals surface area contributed by atoms with Crippen molar-refractivity contribution in [2.75, 3.05) is 0 Å². The molecule has 0 unspecified atom stereocenters. The zero-order valence-electron chi connectivity index (χ0n) is 14.7. The van der Waals surface area contributed by atoms with Gasteiger partial charge in [0.2, 0.25) is 0 Å². The standard InChI is InChI=1S/C21H33B/c1-18(22(2)3)10-6-4-7-11-19-14-16-21(17-15-19)20-12-8-5-9-13-20/h14-17,20H,1,4-13H2,2-3H3. The summed E-state index contributed by atoms with van der Waals surface area (Å²) in [7, 11) is 0. The number of allylic oxidation sites excluding steroid dienone is 1. The lowest BCUT2D eigenvalue weighted by Crippen LogP contribution is -2.04. The van der Waals surface area contributed by atoms with Crippen LogP contribution in [0.2, 0.25) is 13.6 Å². The number of hydrogen-bond acceptors (Lipinski definition) is 0. The summed E-state index contributed by atoms with van der Waals surface area (Å²) in [4.78, 5) is 0. The van der Waals surface area contributed by atoms with Crippen LogP contribution in [0.25, 0.3) is 0 Å². The highest BCUT2D eigenvalue weighted by Crippen LogP contribution is 2.32. The summed E-state index contributed by atoms with van der Waals surface area (Å²) in [6.07, 6.45) is 13.5. The number of rotatable bonds is 8. The van der Waals surface area contributed by atoms with E-state index in [0.717, 1.165) is 5.92 Å². The lowest BCUT2D eigenvalue weighted by Gasteiger charge is -2.22. The van der Waals surface area contributed by atoms with Crippen molar-refractivity contribution in [3.63, 3.8) is 0 Å². The summed E-state index contributed by atoms with van der Waals surface area (Å²) in [5.41, 5.74) is 4.51. The molecule has 1 aromatic carbocycles. The van der Waals surface area contributed by atoms with Gasteiger partial charge in [0.15, 0.2) is 6.71 Å². The zero-order valence-corrected chi connectivity index (χ0v) is 14.7. The van der Waals surface area contributed by atoms with Crippen molar-refractivity contribution >= 4 is 6.71 Å². The summed E-state index contributed by atoms with van der Waals surface area (Å²) < 4.78 is 0. The molecule has 2 rings (SSSR count). The van der Waals surface area contributed by atoms with Crippen molar-refractivity contribution < 1.29 is 0 Å². The predicted octanol–water partition coefficient (Wildman–Crippen LogP) is 6.69. The summed E-state index contributed by atoms with van der Waals surface area (Å²) in [5.74, 6) is 0.838. The summed E-state index contributed by atoms with van der Waals surface area (Å²) >= 11 is 0. The minimum atomic E-state index is 0.646. The molecular weight excluding hydrogens is 263 g/mol. The first-order valence-corrected chi connectivity index (χ1v) is 9.43. The second-order valence-corrected chi connectivity index (χ2v) is 7.45. The molecule has 1 aliphatic carbocycles. The Balaban J connectivity index is 1.67. The monoisotopic (exact) mass is 296 g/mol. The SMILES string of the molecule is C=C(CCCCCc1ccc(C2CCCCC2)cc1)B(C)C. The molecule has 1 aliphatic rings. The third-order valence-corrected chi connectivity index (χ3v) is 5.34. The van der Waals surface area contributed by atoms with Gasteiger partial charge in [-0.1, -0.05) is 70.0 Å². The Hall–Kier alpha value is -0.975. The maximum Gasteiger partial charge on any atom is 0.163 e. The predicted molar refractivity (Wildman–Crippen MR) is 101 cm³/mol. The zero-order chi connectivity index (χ0) is 15.8. The molecule has 0 atom stereocenters. The molecule has 1 saturated carbocycles. The summed E-state index contributed by atoms with van der Waals surface area (Å²) in [6, 6.07) is 9.53. The van der Waals surface area contributed by atoms with Crippen LogP contribution < -0.4 is 0 Å². The number of benzene rings is 1. The van der Waals surface area contributed by atoms with Gasteiger partial charge >= 0.3 is 0 Å². The van der Waals surface area contributed by atoms with Crippen LogP contribution in [0, 0.1) is 0 Å². The van der Waals surface area contributed by atoms with Gasteiger partial charge < -0.3 is 0 Å². The fourth-order valence-electron chi connectivity index (χ4n) is 3.54. The molecule has 0 saturated heterocycles. The van der Waals surface area contributed by atoms with Crippen LogP contribution in [-0.2, 0) is 6.42 Å². The quantitative estimate of drug-likeness (QED) is 0.370. The van der Waals surface area contributed by atoms with Gasteiger partial charge in [0, 0.05) is 0 Å². The second kappa shape index (κ2) is 9.23. The molecule has 0 amide bonds. The average molecular weight is 296 g/mol. The van der Waals surface area contributed by atoms with E-state index in [1.165, 1.54) is 75.2 Å². The molecule has 0 N–H and O–H groups in total. The Kier molecular flexibility index (Phi) is 7.29. The first-order valence-electron chi connectivity index (χ1n) is 9.43.